The van der Waals surface area contributed by atoms with E-state index in [1.807, 2.05) is 0 Å². The molecule has 110 valence electrons. The van der Waals surface area contributed by atoms with E-state index >= 15 is 0 Å². The average Bonchev–Trinajstić information content (AvgIpc) is 2.50. The van der Waals surface area contributed by atoms with Gasteiger partial charge in [0.2, 0.25) is 5.95 Å². The lowest BCUT2D eigenvalue weighted by atomic mass is 10.1. The molecule has 0 saturated carbocycles. The molecular formula is C15H19N5O. The predicted molar refractivity (Wildman–Crippen MR) is 82.7 cm³/mol. The van der Waals surface area contributed by atoms with Crippen molar-refractivity contribution < 1.29 is 5.11 Å². The highest BCUT2D eigenvalue weighted by atomic mass is 16.3. The normalized spacial score (nSPS) is 12.0. The number of nitrogens with zero attached hydrogens (tertiary/aromatic N) is 3. The van der Waals surface area contributed by atoms with Crippen LogP contribution in [0.1, 0.15) is 31.7 Å². The quantitative estimate of drug-likeness (QED) is 0.749. The number of nitriles is 1. The topological polar surface area (TPSA) is 108 Å². The van der Waals surface area contributed by atoms with Crippen molar-refractivity contribution in [3.05, 3.63) is 23.8 Å². The molecule has 0 spiro atoms. The van der Waals surface area contributed by atoms with Crippen molar-refractivity contribution in [2.75, 3.05) is 17.7 Å². The number of aliphatic hydroxyl groups excluding tert-OH is 1. The maximum absolute atomic E-state index is 9.46. The first-order chi connectivity index (χ1) is 10.2. The van der Waals surface area contributed by atoms with Gasteiger partial charge in [-0.25, -0.2) is 4.98 Å². The Morgan fingerprint density at radius 2 is 2.24 bits per heavy atom. The minimum absolute atomic E-state index is 0.0294. The van der Waals surface area contributed by atoms with Crippen molar-refractivity contribution in [3.8, 4) is 6.07 Å². The maximum atomic E-state index is 9.46. The fourth-order valence-electron chi connectivity index (χ4n) is 2.18. The lowest BCUT2D eigenvalue weighted by Crippen LogP contribution is -2.24. The van der Waals surface area contributed by atoms with E-state index in [0.29, 0.717) is 16.9 Å². The highest BCUT2D eigenvalue weighted by Crippen LogP contribution is 2.23. The summed E-state index contributed by atoms with van der Waals surface area (Å²) in [5.74, 6) is 0.740. The minimum atomic E-state index is -0.0712. The van der Waals surface area contributed by atoms with Crippen molar-refractivity contribution in [2.24, 2.45) is 0 Å². The second-order valence-electron chi connectivity index (χ2n) is 4.94. The van der Waals surface area contributed by atoms with Gasteiger partial charge in [-0.2, -0.15) is 10.2 Å². The minimum Gasteiger partial charge on any atom is -0.394 e. The molecule has 0 fully saturated rings. The summed E-state index contributed by atoms with van der Waals surface area (Å²) < 4.78 is 0. The molecule has 2 rings (SSSR count). The molecule has 1 aromatic heterocycles. The Labute approximate surface area is 123 Å². The molecule has 6 nitrogen and oxygen atoms in total. The van der Waals surface area contributed by atoms with Crippen molar-refractivity contribution in [1.82, 2.24) is 9.97 Å². The van der Waals surface area contributed by atoms with Crippen LogP contribution in [0.15, 0.2) is 18.2 Å². The first-order valence-electron chi connectivity index (χ1n) is 7.02. The van der Waals surface area contributed by atoms with Gasteiger partial charge in [0.15, 0.2) is 0 Å². The second-order valence-corrected chi connectivity index (χ2v) is 4.94. The number of hydrogen-bond donors (Lipinski definition) is 3. The first-order valence-corrected chi connectivity index (χ1v) is 7.02. The van der Waals surface area contributed by atoms with E-state index in [-0.39, 0.29) is 18.6 Å². The molecule has 1 heterocycles. The third-order valence-electron chi connectivity index (χ3n) is 3.31. The standard InChI is InChI=1S/C15H19N5O/c1-2-3-4-11(9-21)18-14-12-6-5-10(8-16)7-13(12)19-15(17)20-14/h5-7,11,21H,2-4,9H2,1H3,(H3,17,18,19,20). The summed E-state index contributed by atoms with van der Waals surface area (Å²) in [7, 11) is 0. The highest BCUT2D eigenvalue weighted by molar-refractivity contribution is 5.90. The van der Waals surface area contributed by atoms with Crippen molar-refractivity contribution in [3.63, 3.8) is 0 Å². The van der Waals surface area contributed by atoms with Crippen LogP contribution in [0.4, 0.5) is 11.8 Å². The molecule has 0 radical (unpaired) electrons. The van der Waals surface area contributed by atoms with Crippen molar-refractivity contribution in [2.45, 2.75) is 32.2 Å². The first kappa shape index (κ1) is 15.0. The van der Waals surface area contributed by atoms with Gasteiger partial charge in [-0.3, -0.25) is 0 Å². The summed E-state index contributed by atoms with van der Waals surface area (Å²) in [6, 6.07) is 7.20. The molecule has 0 aliphatic carbocycles. The van der Waals surface area contributed by atoms with Gasteiger partial charge in [-0.15, -0.1) is 0 Å². The van der Waals surface area contributed by atoms with Crippen LogP contribution in [0.5, 0.6) is 0 Å². The van der Waals surface area contributed by atoms with Crippen LogP contribution < -0.4 is 11.1 Å². The van der Waals surface area contributed by atoms with E-state index in [1.165, 1.54) is 0 Å². The fraction of sp³-hybridized carbons (Fsp3) is 0.400. The summed E-state index contributed by atoms with van der Waals surface area (Å²) >= 11 is 0. The lowest BCUT2D eigenvalue weighted by Gasteiger charge is -2.18. The Hall–Kier alpha value is -2.39. The summed E-state index contributed by atoms with van der Waals surface area (Å²) in [4.78, 5) is 8.37. The summed E-state index contributed by atoms with van der Waals surface area (Å²) in [5, 5.41) is 22.4. The van der Waals surface area contributed by atoms with Crippen LogP contribution in [0.3, 0.4) is 0 Å². The monoisotopic (exact) mass is 285 g/mol. The zero-order chi connectivity index (χ0) is 15.2. The van der Waals surface area contributed by atoms with Crippen LogP contribution in [-0.2, 0) is 0 Å². The third kappa shape index (κ3) is 3.58. The number of anilines is 2. The van der Waals surface area contributed by atoms with Gasteiger partial charge in [-0.05, 0) is 24.6 Å². The number of aliphatic hydroxyl groups is 1. The average molecular weight is 285 g/mol. The zero-order valence-electron chi connectivity index (χ0n) is 12.0. The molecular weight excluding hydrogens is 266 g/mol. The van der Waals surface area contributed by atoms with Gasteiger partial charge in [0.25, 0.3) is 0 Å². The van der Waals surface area contributed by atoms with E-state index in [1.54, 1.807) is 18.2 Å². The number of aromatic nitrogens is 2. The third-order valence-corrected chi connectivity index (χ3v) is 3.31. The Morgan fingerprint density at radius 1 is 1.43 bits per heavy atom. The van der Waals surface area contributed by atoms with E-state index in [4.69, 9.17) is 11.0 Å². The Bertz CT molecular complexity index is 665. The summed E-state index contributed by atoms with van der Waals surface area (Å²) in [6.45, 7) is 2.14. The van der Waals surface area contributed by atoms with Gasteiger partial charge < -0.3 is 16.2 Å². The Balaban J connectivity index is 2.36. The van der Waals surface area contributed by atoms with E-state index in [0.717, 1.165) is 24.6 Å². The molecule has 1 atom stereocenters. The number of unbranched alkanes of at least 4 members (excludes halogenated alkanes) is 1. The van der Waals surface area contributed by atoms with Crippen LogP contribution in [-0.4, -0.2) is 27.7 Å². The van der Waals surface area contributed by atoms with Gasteiger partial charge in [-0.1, -0.05) is 19.8 Å². The molecule has 2 aromatic rings. The molecule has 4 N–H and O–H groups in total. The summed E-state index contributed by atoms with van der Waals surface area (Å²) in [5.41, 5.74) is 6.87. The largest absolute Gasteiger partial charge is 0.394 e. The van der Waals surface area contributed by atoms with Crippen molar-refractivity contribution in [1.29, 1.82) is 5.26 Å². The second kappa shape index (κ2) is 6.86. The van der Waals surface area contributed by atoms with Crippen molar-refractivity contribution >= 4 is 22.7 Å². The highest BCUT2D eigenvalue weighted by Gasteiger charge is 2.12. The molecule has 1 unspecified atom stereocenters. The number of hydrogen-bond acceptors (Lipinski definition) is 6. The van der Waals surface area contributed by atoms with E-state index in [9.17, 15) is 5.11 Å². The molecule has 6 heteroatoms. The number of benzene rings is 1. The molecule has 1 aromatic carbocycles. The van der Waals surface area contributed by atoms with Crippen LogP contribution >= 0.6 is 0 Å². The molecule has 0 bridgehead atoms. The van der Waals surface area contributed by atoms with Crippen LogP contribution in [0.2, 0.25) is 0 Å². The van der Waals surface area contributed by atoms with Crippen LogP contribution in [0.25, 0.3) is 10.9 Å². The van der Waals surface area contributed by atoms with Crippen LogP contribution in [0, 0.1) is 11.3 Å². The maximum Gasteiger partial charge on any atom is 0.222 e. The van der Waals surface area contributed by atoms with Gasteiger partial charge in [0, 0.05) is 5.39 Å². The number of nitrogens with two attached hydrogens (primary N) is 1. The molecule has 0 aliphatic heterocycles. The summed E-state index contributed by atoms with van der Waals surface area (Å²) in [6.07, 6.45) is 2.94. The zero-order valence-corrected chi connectivity index (χ0v) is 12.0. The molecule has 0 saturated heterocycles. The number of nitrogens with one attached hydrogen (secondary N) is 1. The van der Waals surface area contributed by atoms with E-state index < -0.39 is 0 Å². The molecule has 0 amide bonds. The number of nitrogen functional groups attached to an aromatic ring is 1. The lowest BCUT2D eigenvalue weighted by molar-refractivity contribution is 0.267. The smallest absolute Gasteiger partial charge is 0.222 e. The predicted octanol–water partition coefficient (Wildman–Crippen LogP) is 2.05. The Morgan fingerprint density at radius 3 is 2.90 bits per heavy atom. The van der Waals surface area contributed by atoms with E-state index in [2.05, 4.69) is 28.3 Å². The molecule has 21 heavy (non-hydrogen) atoms. The SMILES string of the molecule is CCCCC(CO)Nc1nc(N)nc2cc(C#N)ccc12. The number of rotatable bonds is 6. The van der Waals surface area contributed by atoms with Gasteiger partial charge >= 0.3 is 0 Å². The van der Waals surface area contributed by atoms with Gasteiger partial charge in [0.05, 0.1) is 29.8 Å². The number of fused-ring (bicyclic) bond motifs is 1. The van der Waals surface area contributed by atoms with Gasteiger partial charge in [0.1, 0.15) is 5.82 Å². The Kier molecular flexibility index (Phi) is 4.90. The fourth-order valence-corrected chi connectivity index (χ4v) is 2.18. The molecule has 0 aliphatic rings.